The van der Waals surface area contributed by atoms with E-state index in [0.29, 0.717) is 29.2 Å². The molecular weight excluding hydrogens is 364 g/mol. The molecule has 0 aromatic carbocycles. The van der Waals surface area contributed by atoms with Gasteiger partial charge in [0.05, 0.1) is 18.6 Å². The number of hydrogen-bond acceptors (Lipinski definition) is 6. The number of carbonyl (C=O) groups is 1. The van der Waals surface area contributed by atoms with Gasteiger partial charge in [0.15, 0.2) is 16.7 Å². The zero-order valence-electron chi connectivity index (χ0n) is 16.0. The second-order valence-electron chi connectivity index (χ2n) is 6.84. The average molecular weight is 388 g/mol. The van der Waals surface area contributed by atoms with Gasteiger partial charge in [-0.3, -0.25) is 9.36 Å². The highest BCUT2D eigenvalue weighted by Gasteiger charge is 2.19. The van der Waals surface area contributed by atoms with Crippen molar-refractivity contribution in [1.82, 2.24) is 19.7 Å². The van der Waals surface area contributed by atoms with Crippen molar-refractivity contribution in [3.8, 4) is 11.6 Å². The van der Waals surface area contributed by atoms with Crippen LogP contribution in [0.15, 0.2) is 44.5 Å². The lowest BCUT2D eigenvalue weighted by Gasteiger charge is -2.16. The number of rotatable bonds is 8. The summed E-state index contributed by atoms with van der Waals surface area (Å²) in [5.41, 5.74) is 0. The number of furan rings is 2. The summed E-state index contributed by atoms with van der Waals surface area (Å²) in [5.74, 6) is 3.67. The van der Waals surface area contributed by atoms with Gasteiger partial charge in [-0.2, -0.15) is 0 Å². The van der Waals surface area contributed by atoms with Crippen molar-refractivity contribution in [2.24, 2.45) is 5.92 Å². The standard InChI is InChI=1S/C19H24N4O3S/c1-13(2)10-23-18(16-6-5-9-25-16)20-21-19(23)27-12-17(24)22(4)11-15-8-7-14(3)26-15/h5-9,13H,10-12H2,1-4H3. The Morgan fingerprint density at radius 1 is 1.30 bits per heavy atom. The topological polar surface area (TPSA) is 77.3 Å². The monoisotopic (exact) mass is 388 g/mol. The van der Waals surface area contributed by atoms with Crippen LogP contribution in [0.2, 0.25) is 0 Å². The molecule has 3 aromatic rings. The van der Waals surface area contributed by atoms with Crippen molar-refractivity contribution < 1.29 is 13.6 Å². The first-order chi connectivity index (χ1) is 12.9. The Hall–Kier alpha value is -2.48. The van der Waals surface area contributed by atoms with Gasteiger partial charge in [-0.1, -0.05) is 25.6 Å². The quantitative estimate of drug-likeness (QED) is 0.546. The van der Waals surface area contributed by atoms with E-state index in [4.69, 9.17) is 8.83 Å². The maximum atomic E-state index is 12.5. The maximum Gasteiger partial charge on any atom is 0.233 e. The second kappa shape index (κ2) is 8.47. The van der Waals surface area contributed by atoms with Gasteiger partial charge in [0.2, 0.25) is 5.91 Å². The van der Waals surface area contributed by atoms with Crippen molar-refractivity contribution in [3.63, 3.8) is 0 Å². The van der Waals surface area contributed by atoms with Gasteiger partial charge in [0.1, 0.15) is 11.5 Å². The molecule has 0 unspecified atom stereocenters. The van der Waals surface area contributed by atoms with Crippen molar-refractivity contribution in [1.29, 1.82) is 0 Å². The molecule has 1 amide bonds. The van der Waals surface area contributed by atoms with Crippen LogP contribution in [0.5, 0.6) is 0 Å². The first-order valence-electron chi connectivity index (χ1n) is 8.83. The highest BCUT2D eigenvalue weighted by atomic mass is 32.2. The molecule has 0 bridgehead atoms. The fourth-order valence-electron chi connectivity index (χ4n) is 2.64. The largest absolute Gasteiger partial charge is 0.464 e. The molecule has 0 aliphatic rings. The zero-order chi connectivity index (χ0) is 19.4. The van der Waals surface area contributed by atoms with Crippen molar-refractivity contribution in [3.05, 3.63) is 42.0 Å². The lowest BCUT2D eigenvalue weighted by Crippen LogP contribution is -2.27. The van der Waals surface area contributed by atoms with Crippen LogP contribution >= 0.6 is 11.8 Å². The Morgan fingerprint density at radius 3 is 2.74 bits per heavy atom. The maximum absolute atomic E-state index is 12.5. The molecule has 0 N–H and O–H groups in total. The summed E-state index contributed by atoms with van der Waals surface area (Å²) in [6, 6.07) is 7.47. The highest BCUT2D eigenvalue weighted by Crippen LogP contribution is 2.25. The fraction of sp³-hybridized carbons (Fsp3) is 0.421. The van der Waals surface area contributed by atoms with E-state index >= 15 is 0 Å². The molecule has 0 spiro atoms. The first-order valence-corrected chi connectivity index (χ1v) is 9.81. The molecule has 27 heavy (non-hydrogen) atoms. The lowest BCUT2D eigenvalue weighted by molar-refractivity contribution is -0.127. The van der Waals surface area contributed by atoms with Gasteiger partial charge in [0.25, 0.3) is 0 Å². The molecule has 0 radical (unpaired) electrons. The van der Waals surface area contributed by atoms with Gasteiger partial charge >= 0.3 is 0 Å². The van der Waals surface area contributed by atoms with Gasteiger partial charge in [-0.05, 0) is 37.1 Å². The molecule has 3 aromatic heterocycles. The van der Waals surface area contributed by atoms with Gasteiger partial charge in [0, 0.05) is 13.6 Å². The Morgan fingerprint density at radius 2 is 2.11 bits per heavy atom. The van der Waals surface area contributed by atoms with E-state index in [9.17, 15) is 4.79 Å². The molecule has 3 rings (SSSR count). The third kappa shape index (κ3) is 4.82. The molecule has 0 atom stereocenters. The number of nitrogens with zero attached hydrogens (tertiary/aromatic N) is 4. The smallest absolute Gasteiger partial charge is 0.233 e. The SMILES string of the molecule is Cc1ccc(CN(C)C(=O)CSc2nnc(-c3ccco3)n2CC(C)C)o1. The molecule has 0 fully saturated rings. The summed E-state index contributed by atoms with van der Waals surface area (Å²) in [6.07, 6.45) is 1.62. The normalized spacial score (nSPS) is 11.3. The summed E-state index contributed by atoms with van der Waals surface area (Å²) in [7, 11) is 1.77. The minimum absolute atomic E-state index is 0.00713. The van der Waals surface area contributed by atoms with Crippen LogP contribution < -0.4 is 0 Å². The van der Waals surface area contributed by atoms with Crippen LogP contribution in [0.3, 0.4) is 0 Å². The van der Waals surface area contributed by atoms with E-state index in [1.165, 1.54) is 11.8 Å². The van der Waals surface area contributed by atoms with Gasteiger partial charge < -0.3 is 13.7 Å². The van der Waals surface area contributed by atoms with E-state index in [-0.39, 0.29) is 11.7 Å². The number of aromatic nitrogens is 3. The number of aryl methyl sites for hydroxylation is 1. The molecular formula is C19H24N4O3S. The van der Waals surface area contributed by atoms with E-state index in [2.05, 4.69) is 24.0 Å². The predicted octanol–water partition coefficient (Wildman–Crippen LogP) is 3.85. The second-order valence-corrected chi connectivity index (χ2v) is 7.78. The average Bonchev–Trinajstić information content (AvgIpc) is 3.34. The van der Waals surface area contributed by atoms with Crippen LogP contribution in [0.25, 0.3) is 11.6 Å². The van der Waals surface area contributed by atoms with Crippen molar-refractivity contribution in [2.45, 2.75) is 39.0 Å². The molecule has 8 heteroatoms. The number of thioether (sulfide) groups is 1. The van der Waals surface area contributed by atoms with Crippen LogP contribution in [-0.2, 0) is 17.9 Å². The van der Waals surface area contributed by atoms with Crippen LogP contribution in [0.1, 0.15) is 25.4 Å². The number of carbonyl (C=O) groups excluding carboxylic acids is 1. The summed E-state index contributed by atoms with van der Waals surface area (Å²) in [4.78, 5) is 14.1. The van der Waals surface area contributed by atoms with Gasteiger partial charge in [-0.25, -0.2) is 0 Å². The van der Waals surface area contributed by atoms with E-state index in [1.54, 1.807) is 18.2 Å². The third-order valence-electron chi connectivity index (χ3n) is 3.95. The highest BCUT2D eigenvalue weighted by molar-refractivity contribution is 7.99. The molecule has 7 nitrogen and oxygen atoms in total. The molecule has 144 valence electrons. The summed E-state index contributed by atoms with van der Waals surface area (Å²) in [5, 5.41) is 9.25. The van der Waals surface area contributed by atoms with E-state index in [0.717, 1.165) is 18.1 Å². The van der Waals surface area contributed by atoms with E-state index in [1.807, 2.05) is 35.8 Å². The van der Waals surface area contributed by atoms with Crippen LogP contribution in [0, 0.1) is 12.8 Å². The Bertz CT molecular complexity index is 883. The summed E-state index contributed by atoms with van der Waals surface area (Å²) < 4.78 is 13.0. The Balaban J connectivity index is 1.67. The molecule has 0 aliphatic heterocycles. The predicted molar refractivity (Wildman–Crippen MR) is 103 cm³/mol. The van der Waals surface area contributed by atoms with Crippen molar-refractivity contribution in [2.75, 3.05) is 12.8 Å². The molecule has 0 aliphatic carbocycles. The molecule has 0 saturated carbocycles. The first kappa shape index (κ1) is 19.3. The minimum atomic E-state index is 0.00713. The fourth-order valence-corrected chi connectivity index (χ4v) is 3.53. The van der Waals surface area contributed by atoms with Gasteiger partial charge in [-0.15, -0.1) is 10.2 Å². The van der Waals surface area contributed by atoms with Crippen LogP contribution in [-0.4, -0.2) is 38.4 Å². The summed E-state index contributed by atoms with van der Waals surface area (Å²) in [6.45, 7) is 7.35. The lowest BCUT2D eigenvalue weighted by atomic mass is 10.2. The van der Waals surface area contributed by atoms with Crippen molar-refractivity contribution >= 4 is 17.7 Å². The molecule has 3 heterocycles. The summed E-state index contributed by atoms with van der Waals surface area (Å²) >= 11 is 1.39. The Kier molecular flexibility index (Phi) is 6.05. The minimum Gasteiger partial charge on any atom is -0.464 e. The van der Waals surface area contributed by atoms with E-state index < -0.39 is 0 Å². The Labute approximate surface area is 162 Å². The van der Waals surface area contributed by atoms with Crippen LogP contribution in [0.4, 0.5) is 0 Å². The number of amides is 1. The molecule has 0 saturated heterocycles. The zero-order valence-corrected chi connectivity index (χ0v) is 16.8. The number of hydrogen-bond donors (Lipinski definition) is 0. The third-order valence-corrected chi connectivity index (χ3v) is 4.90.